The number of rotatable bonds is 8. The van der Waals surface area contributed by atoms with E-state index in [4.69, 9.17) is 16.7 Å². The third-order valence-electron chi connectivity index (χ3n) is 6.05. The molecule has 3 atom stereocenters. The number of nitrogens with two attached hydrogens (primary N) is 2. The van der Waals surface area contributed by atoms with Crippen molar-refractivity contribution in [2.75, 3.05) is 37.6 Å². The molecule has 0 aliphatic carbocycles. The Morgan fingerprint density at radius 3 is 2.47 bits per heavy atom. The van der Waals surface area contributed by atoms with Crippen LogP contribution in [0.4, 0.5) is 10.5 Å². The maximum atomic E-state index is 11.7. The molecule has 34 heavy (non-hydrogen) atoms. The molecule has 0 aromatic heterocycles. The van der Waals surface area contributed by atoms with Gasteiger partial charge in [0.05, 0.1) is 5.69 Å². The van der Waals surface area contributed by atoms with Gasteiger partial charge in [-0.2, -0.15) is 0 Å². The molecule has 10 heteroatoms. The van der Waals surface area contributed by atoms with Gasteiger partial charge in [-0.05, 0) is 57.0 Å². The Bertz CT molecular complexity index is 704. The smallest absolute Gasteiger partial charge is 0.323 e. The summed E-state index contributed by atoms with van der Waals surface area (Å²) in [4.78, 5) is 15.6. The van der Waals surface area contributed by atoms with Crippen LogP contribution in [0.3, 0.4) is 0 Å². The number of nitrogens with zero attached hydrogens (tertiary/aromatic N) is 3. The standard InChI is InChI=1S/C20H33N5O2.C4H9N2.Y/c1-3-5-19-13-17(21)12-15(2)25(19)14-16-6-8-18(9-7-16)24(20(22)26)11-4-10-23-27;1-2-6-4-3-5-1;/h4,6-9,11,15,17,19,23,27H,3,5,10,12-14,21H2,1-2H3,(H2,22,26);5H,1-4H2;/q;-1;/b11-4-;;. The number of benzene rings is 1. The van der Waals surface area contributed by atoms with E-state index in [1.54, 1.807) is 12.3 Å². The Morgan fingerprint density at radius 2 is 1.97 bits per heavy atom. The van der Waals surface area contributed by atoms with Crippen molar-refractivity contribution in [3.8, 4) is 0 Å². The molecule has 2 heterocycles. The minimum Gasteiger partial charge on any atom is -0.660 e. The van der Waals surface area contributed by atoms with Crippen LogP contribution in [-0.2, 0) is 39.3 Å². The number of amides is 2. The number of nitrogens with one attached hydrogen (secondary N) is 2. The SMILES string of the molecule is C1CNCC[N-]1.CCCC1CC(N)CC(C)N1Cc1ccc(N(/C=C\CNO)C(N)=O)cc1.[Y]. The summed E-state index contributed by atoms with van der Waals surface area (Å²) in [5.74, 6) is 0. The van der Waals surface area contributed by atoms with Crippen LogP contribution in [0.25, 0.3) is 5.32 Å². The number of carbonyl (C=O) groups is 1. The monoisotopic (exact) mass is 549 g/mol. The molecule has 2 fully saturated rings. The Hall–Kier alpha value is -0.906. The van der Waals surface area contributed by atoms with Crippen molar-refractivity contribution in [1.82, 2.24) is 15.7 Å². The Balaban J connectivity index is 0.000000716. The van der Waals surface area contributed by atoms with Crippen molar-refractivity contribution >= 4 is 11.7 Å². The minimum atomic E-state index is -0.571. The van der Waals surface area contributed by atoms with Gasteiger partial charge in [-0.1, -0.05) is 31.6 Å². The number of hydrogen-bond donors (Lipinski definition) is 5. The molecular weight excluding hydrogens is 507 g/mol. The van der Waals surface area contributed by atoms with E-state index in [0.717, 1.165) is 58.4 Å². The molecule has 1 aromatic carbocycles. The number of likely N-dealkylation sites (tertiary alicyclic amines) is 1. The molecule has 1 aromatic rings. The number of hydrogen-bond acceptors (Lipinski definition) is 6. The average molecular weight is 550 g/mol. The Kier molecular flexibility index (Phi) is 16.0. The predicted octanol–water partition coefficient (Wildman–Crippen LogP) is 2.51. The van der Waals surface area contributed by atoms with Gasteiger partial charge < -0.3 is 27.3 Å². The van der Waals surface area contributed by atoms with Crippen molar-refractivity contribution in [1.29, 1.82) is 0 Å². The predicted molar refractivity (Wildman–Crippen MR) is 134 cm³/mol. The summed E-state index contributed by atoms with van der Waals surface area (Å²) in [6.07, 6.45) is 7.56. The quantitative estimate of drug-likeness (QED) is 0.317. The van der Waals surface area contributed by atoms with E-state index in [1.165, 1.54) is 10.5 Å². The molecule has 0 saturated carbocycles. The Labute approximate surface area is 229 Å². The molecule has 189 valence electrons. The molecule has 3 rings (SSSR count). The van der Waals surface area contributed by atoms with Crippen LogP contribution in [0, 0.1) is 0 Å². The van der Waals surface area contributed by atoms with Gasteiger partial charge in [-0.3, -0.25) is 9.80 Å². The third kappa shape index (κ3) is 10.8. The molecule has 2 aliphatic rings. The van der Waals surface area contributed by atoms with Gasteiger partial charge in [0.25, 0.3) is 0 Å². The fraction of sp³-hybridized carbons (Fsp3) is 0.625. The van der Waals surface area contributed by atoms with Crippen molar-refractivity contribution in [2.24, 2.45) is 11.5 Å². The molecule has 9 nitrogen and oxygen atoms in total. The van der Waals surface area contributed by atoms with E-state index in [0.29, 0.717) is 23.8 Å². The maximum Gasteiger partial charge on any atom is 0.323 e. The summed E-state index contributed by atoms with van der Waals surface area (Å²) in [6.45, 7) is 9.77. The normalized spacial score (nSPS) is 23.0. The first-order valence-corrected chi connectivity index (χ1v) is 12.0. The van der Waals surface area contributed by atoms with Crippen LogP contribution < -0.4 is 27.2 Å². The van der Waals surface area contributed by atoms with Crippen molar-refractivity contribution in [3.63, 3.8) is 0 Å². The van der Waals surface area contributed by atoms with Crippen molar-refractivity contribution in [3.05, 3.63) is 47.4 Å². The van der Waals surface area contributed by atoms with E-state index >= 15 is 0 Å². The first-order chi connectivity index (χ1) is 16.0. The number of urea groups is 1. The van der Waals surface area contributed by atoms with Gasteiger partial charge in [-0.25, -0.2) is 10.3 Å². The van der Waals surface area contributed by atoms with Gasteiger partial charge in [0.1, 0.15) is 0 Å². The van der Waals surface area contributed by atoms with Gasteiger partial charge in [0, 0.05) is 70.1 Å². The zero-order valence-electron chi connectivity index (χ0n) is 20.7. The van der Waals surface area contributed by atoms with Gasteiger partial charge in [-0.15, -0.1) is 13.1 Å². The summed E-state index contributed by atoms with van der Waals surface area (Å²) in [6, 6.07) is 8.56. The fourth-order valence-corrected chi connectivity index (χ4v) is 4.44. The first-order valence-electron chi connectivity index (χ1n) is 12.0. The fourth-order valence-electron chi connectivity index (χ4n) is 4.44. The van der Waals surface area contributed by atoms with E-state index < -0.39 is 6.03 Å². The second-order valence-corrected chi connectivity index (χ2v) is 8.74. The molecule has 1 radical (unpaired) electrons. The zero-order chi connectivity index (χ0) is 24.1. The minimum absolute atomic E-state index is 0. The number of carbonyl (C=O) groups excluding carboxylic acids is 1. The summed E-state index contributed by atoms with van der Waals surface area (Å²) in [5.41, 5.74) is 15.6. The molecule has 3 unspecified atom stereocenters. The summed E-state index contributed by atoms with van der Waals surface area (Å²) in [5, 5.41) is 15.9. The van der Waals surface area contributed by atoms with Crippen LogP contribution >= 0.6 is 0 Å². The van der Waals surface area contributed by atoms with E-state index in [-0.39, 0.29) is 39.3 Å². The van der Waals surface area contributed by atoms with Crippen LogP contribution in [0.15, 0.2) is 36.5 Å². The third-order valence-corrected chi connectivity index (χ3v) is 6.05. The van der Waals surface area contributed by atoms with E-state index in [9.17, 15) is 4.79 Å². The van der Waals surface area contributed by atoms with Crippen LogP contribution in [0.2, 0.25) is 0 Å². The molecule has 2 amide bonds. The molecule has 7 N–H and O–H groups in total. The Morgan fingerprint density at radius 1 is 1.29 bits per heavy atom. The number of hydroxylamine groups is 1. The summed E-state index contributed by atoms with van der Waals surface area (Å²) in [7, 11) is 0. The first kappa shape index (κ1) is 31.1. The van der Waals surface area contributed by atoms with E-state index in [1.807, 2.05) is 29.7 Å². The topological polar surface area (TPSA) is 134 Å². The maximum absolute atomic E-state index is 11.7. The number of anilines is 1. The molecule has 2 saturated heterocycles. The summed E-state index contributed by atoms with van der Waals surface area (Å²) >= 11 is 0. The van der Waals surface area contributed by atoms with Crippen LogP contribution in [0.1, 0.15) is 45.1 Å². The van der Waals surface area contributed by atoms with Crippen LogP contribution in [-0.4, -0.2) is 67.0 Å². The number of piperidine rings is 1. The molecular formula is C24H42N7O2Y-. The largest absolute Gasteiger partial charge is 0.660 e. The average Bonchev–Trinajstić information content (AvgIpc) is 2.81. The van der Waals surface area contributed by atoms with Gasteiger partial charge >= 0.3 is 6.03 Å². The van der Waals surface area contributed by atoms with Crippen molar-refractivity contribution in [2.45, 2.75) is 64.2 Å². The second-order valence-electron chi connectivity index (χ2n) is 8.74. The molecule has 0 spiro atoms. The molecule has 0 bridgehead atoms. The van der Waals surface area contributed by atoms with Gasteiger partial charge in [0.15, 0.2) is 0 Å². The van der Waals surface area contributed by atoms with Gasteiger partial charge in [0.2, 0.25) is 0 Å². The summed E-state index contributed by atoms with van der Waals surface area (Å²) < 4.78 is 0. The molecule has 2 aliphatic heterocycles. The number of primary amides is 1. The van der Waals surface area contributed by atoms with Crippen LogP contribution in [0.5, 0.6) is 0 Å². The zero-order valence-corrected chi connectivity index (χ0v) is 23.5. The van der Waals surface area contributed by atoms with Crippen molar-refractivity contribution < 1.29 is 42.7 Å². The number of piperazine rings is 1. The van der Waals surface area contributed by atoms with E-state index in [2.05, 4.69) is 29.4 Å². The second kappa shape index (κ2) is 17.5.